The minimum Gasteiger partial charge on any atom is -0.503 e. The van der Waals surface area contributed by atoms with Gasteiger partial charge in [0.2, 0.25) is 0 Å². The molecule has 0 N–H and O–H groups in total. The first-order valence-electron chi connectivity index (χ1n) is 2.39. The molecule has 1 heterocycles. The summed E-state index contributed by atoms with van der Waals surface area (Å²) in [5, 5.41) is 0. The molecule has 0 fully saturated rings. The number of hydrogen-bond acceptors (Lipinski definition) is 1. The van der Waals surface area contributed by atoms with Gasteiger partial charge in [-0.15, -0.1) is 0 Å². The average Bonchev–Trinajstić information content (AvgIpc) is 1.72. The van der Waals surface area contributed by atoms with Gasteiger partial charge in [0, 0.05) is 0 Å². The molecule has 1 aliphatic heterocycles. The molecule has 0 aromatic carbocycles. The summed E-state index contributed by atoms with van der Waals surface area (Å²) in [6.07, 6.45) is 6.56. The molecule has 0 spiro atoms. The van der Waals surface area contributed by atoms with E-state index in [1.54, 1.807) is 0 Å². The molecule has 0 aromatic heterocycles. The molecule has 0 aliphatic carbocycles. The van der Waals surface area contributed by atoms with Crippen LogP contribution in [0.1, 0.15) is 19.3 Å². The molecule has 7 heavy (non-hydrogen) atoms. The van der Waals surface area contributed by atoms with E-state index in [0.717, 1.165) is 13.0 Å². The fourth-order valence-electron chi connectivity index (χ4n) is 0.553. The Kier molecular flexibility index (Phi) is 4.64. The summed E-state index contributed by atoms with van der Waals surface area (Å²) in [5.41, 5.74) is 0. The molecule has 0 saturated carbocycles. The molecular formula is C5H8NRu. The zero-order chi connectivity index (χ0) is 4.24. The van der Waals surface area contributed by atoms with Crippen LogP contribution in [0.15, 0.2) is 4.99 Å². The van der Waals surface area contributed by atoms with Crippen molar-refractivity contribution in [2.75, 3.05) is 6.54 Å². The van der Waals surface area contributed by atoms with Crippen molar-refractivity contribution < 1.29 is 19.5 Å². The first-order valence-corrected chi connectivity index (χ1v) is 2.39. The molecule has 0 unspecified atom stereocenters. The molecule has 0 aromatic rings. The van der Waals surface area contributed by atoms with Crippen LogP contribution in [-0.2, 0) is 19.5 Å². The minimum atomic E-state index is 0. The van der Waals surface area contributed by atoms with E-state index in [1.807, 2.05) is 0 Å². The zero-order valence-corrected chi connectivity index (χ0v) is 5.87. The molecule has 1 nitrogen and oxygen atoms in total. The topological polar surface area (TPSA) is 12.4 Å². The van der Waals surface area contributed by atoms with E-state index in [1.165, 1.54) is 12.8 Å². The predicted molar refractivity (Wildman–Crippen MR) is 26.2 cm³/mol. The zero-order valence-electron chi connectivity index (χ0n) is 4.13. The molecule has 1 rings (SSSR count). The Labute approximate surface area is 57.0 Å². The molecule has 41 valence electrons. The normalized spacial score (nSPS) is 18.3. The Hall–Kier alpha value is 0.293. The number of nitrogens with zero attached hydrogens (tertiary/aromatic N) is 1. The second-order valence-electron chi connectivity index (χ2n) is 1.50. The van der Waals surface area contributed by atoms with Crippen molar-refractivity contribution >= 4 is 6.21 Å². The summed E-state index contributed by atoms with van der Waals surface area (Å²) in [6, 6.07) is 0. The Balaban J connectivity index is 0.000000360. The van der Waals surface area contributed by atoms with Gasteiger partial charge < -0.3 is 11.2 Å². The van der Waals surface area contributed by atoms with Crippen LogP contribution in [0.4, 0.5) is 0 Å². The Morgan fingerprint density at radius 1 is 1.29 bits per heavy atom. The molecule has 1 radical (unpaired) electrons. The van der Waals surface area contributed by atoms with Crippen molar-refractivity contribution in [3.8, 4) is 0 Å². The quantitative estimate of drug-likeness (QED) is 0.394. The third kappa shape index (κ3) is 2.93. The third-order valence-corrected chi connectivity index (χ3v) is 0.920. The van der Waals surface area contributed by atoms with Crippen LogP contribution < -0.4 is 0 Å². The van der Waals surface area contributed by atoms with Crippen molar-refractivity contribution in [2.24, 2.45) is 4.99 Å². The maximum absolute atomic E-state index is 3.93. The molecule has 0 bridgehead atoms. The second kappa shape index (κ2) is 4.45. The van der Waals surface area contributed by atoms with Gasteiger partial charge in [-0.05, 0) is 13.0 Å². The van der Waals surface area contributed by atoms with Gasteiger partial charge in [-0.2, -0.15) is 6.42 Å². The van der Waals surface area contributed by atoms with Crippen molar-refractivity contribution in [1.82, 2.24) is 0 Å². The van der Waals surface area contributed by atoms with Gasteiger partial charge in [-0.3, -0.25) is 0 Å². The van der Waals surface area contributed by atoms with Gasteiger partial charge in [0.05, 0.1) is 0 Å². The van der Waals surface area contributed by atoms with Crippen LogP contribution in [0.5, 0.6) is 0 Å². The molecule has 1 aliphatic rings. The number of aliphatic imine (C=N–C) groups is 1. The molecule has 0 amide bonds. The van der Waals surface area contributed by atoms with Gasteiger partial charge in [-0.1, -0.05) is 6.42 Å². The maximum atomic E-state index is 3.93. The van der Waals surface area contributed by atoms with Crippen molar-refractivity contribution in [1.29, 1.82) is 0 Å². The van der Waals surface area contributed by atoms with E-state index in [0.29, 0.717) is 0 Å². The standard InChI is InChI=1S/C5H8N.Ru/c1-2-4-6-5-3-1;/h1-4H2;/q-1;+1. The summed E-state index contributed by atoms with van der Waals surface area (Å²) in [4.78, 5) is 3.93. The van der Waals surface area contributed by atoms with E-state index in [4.69, 9.17) is 0 Å². The van der Waals surface area contributed by atoms with Crippen molar-refractivity contribution in [2.45, 2.75) is 19.3 Å². The summed E-state index contributed by atoms with van der Waals surface area (Å²) in [6.45, 7) is 1.01. The predicted octanol–water partition coefficient (Wildman–Crippen LogP) is 1.12. The van der Waals surface area contributed by atoms with Gasteiger partial charge in [0.1, 0.15) is 0 Å². The van der Waals surface area contributed by atoms with Gasteiger partial charge in [-0.25, -0.2) is 0 Å². The second-order valence-corrected chi connectivity index (χ2v) is 1.50. The van der Waals surface area contributed by atoms with Gasteiger partial charge in [0.25, 0.3) is 0 Å². The molecule has 0 atom stereocenters. The van der Waals surface area contributed by atoms with Crippen LogP contribution in [-0.4, -0.2) is 12.8 Å². The molecular weight excluding hydrogens is 175 g/mol. The fourth-order valence-corrected chi connectivity index (χ4v) is 0.553. The van der Waals surface area contributed by atoms with E-state index in [2.05, 4.69) is 11.2 Å². The maximum Gasteiger partial charge on any atom is 1.00 e. The van der Waals surface area contributed by atoms with E-state index < -0.39 is 0 Å². The van der Waals surface area contributed by atoms with Crippen LogP contribution in [0.3, 0.4) is 0 Å². The third-order valence-electron chi connectivity index (χ3n) is 0.920. The Bertz CT molecular complexity index is 53.1. The Morgan fingerprint density at radius 2 is 2.14 bits per heavy atom. The largest absolute Gasteiger partial charge is 1.00 e. The Morgan fingerprint density at radius 3 is 2.29 bits per heavy atom. The monoisotopic (exact) mass is 184 g/mol. The number of hydrogen-bond donors (Lipinski definition) is 0. The van der Waals surface area contributed by atoms with Crippen LogP contribution in [0.2, 0.25) is 0 Å². The van der Waals surface area contributed by atoms with Crippen molar-refractivity contribution in [3.05, 3.63) is 0 Å². The summed E-state index contributed by atoms with van der Waals surface area (Å²) < 4.78 is 0. The van der Waals surface area contributed by atoms with Crippen LogP contribution >= 0.6 is 0 Å². The first kappa shape index (κ1) is 7.29. The summed E-state index contributed by atoms with van der Waals surface area (Å²) in [7, 11) is 0. The van der Waals surface area contributed by atoms with E-state index in [-0.39, 0.29) is 19.5 Å². The first-order chi connectivity index (χ1) is 3.00. The summed E-state index contributed by atoms with van der Waals surface area (Å²) in [5.74, 6) is 0. The minimum absolute atomic E-state index is 0. The summed E-state index contributed by atoms with van der Waals surface area (Å²) >= 11 is 0. The van der Waals surface area contributed by atoms with E-state index >= 15 is 0 Å². The SMILES string of the molecule is [C-]1=NCCCC1.[Ru+]. The fraction of sp³-hybridized carbons (Fsp3) is 0.800. The van der Waals surface area contributed by atoms with Gasteiger partial charge >= 0.3 is 19.5 Å². The average molecular weight is 183 g/mol. The van der Waals surface area contributed by atoms with Gasteiger partial charge in [0.15, 0.2) is 0 Å². The van der Waals surface area contributed by atoms with E-state index in [9.17, 15) is 0 Å². The smallest absolute Gasteiger partial charge is 0.503 e. The molecule has 2 heteroatoms. The van der Waals surface area contributed by atoms with Crippen LogP contribution in [0.25, 0.3) is 0 Å². The molecule has 0 saturated heterocycles. The van der Waals surface area contributed by atoms with Crippen molar-refractivity contribution in [3.63, 3.8) is 0 Å². The van der Waals surface area contributed by atoms with Crippen LogP contribution in [0, 0.1) is 0 Å². The number of rotatable bonds is 0.